The maximum absolute atomic E-state index is 12.4. The summed E-state index contributed by atoms with van der Waals surface area (Å²) in [5.74, 6) is -0.324. The third-order valence-corrected chi connectivity index (χ3v) is 5.69. The predicted octanol–water partition coefficient (Wildman–Crippen LogP) is 5.19. The van der Waals surface area contributed by atoms with E-state index in [-0.39, 0.29) is 43.8 Å². The van der Waals surface area contributed by atoms with Crippen molar-refractivity contribution in [2.24, 2.45) is 5.92 Å². The zero-order valence-electron chi connectivity index (χ0n) is 24.5. The van der Waals surface area contributed by atoms with E-state index in [1.165, 1.54) is 19.2 Å². The largest absolute Gasteiger partial charge is 0.514 e. The quantitative estimate of drug-likeness (QED) is 0.121. The number of methoxy groups -OCH3 is 1. The third-order valence-electron chi connectivity index (χ3n) is 5.69. The van der Waals surface area contributed by atoms with E-state index in [0.29, 0.717) is 24.3 Å². The van der Waals surface area contributed by atoms with E-state index in [1.54, 1.807) is 19.9 Å². The smallest absolute Gasteiger partial charge is 0.468 e. The molecule has 1 rings (SSSR count). The van der Waals surface area contributed by atoms with Crippen molar-refractivity contribution >= 4 is 24.4 Å². The number of carbonyl (C=O) groups excluding carboxylic acids is 4. The normalized spacial score (nSPS) is 13.0. The predicted molar refractivity (Wildman–Crippen MR) is 144 cm³/mol. The maximum atomic E-state index is 12.4. The van der Waals surface area contributed by atoms with Gasteiger partial charge in [-0.3, -0.25) is 4.79 Å². The van der Waals surface area contributed by atoms with Gasteiger partial charge in [0.25, 0.3) is 0 Å². The fourth-order valence-electron chi connectivity index (χ4n) is 2.97. The van der Waals surface area contributed by atoms with Gasteiger partial charge in [-0.1, -0.05) is 33.8 Å². The summed E-state index contributed by atoms with van der Waals surface area (Å²) in [4.78, 5) is 48.6. The van der Waals surface area contributed by atoms with Crippen LogP contribution in [0.2, 0.25) is 0 Å². The van der Waals surface area contributed by atoms with Gasteiger partial charge in [-0.25, -0.2) is 14.4 Å². The lowest BCUT2D eigenvalue weighted by atomic mass is 10.1. The minimum atomic E-state index is -0.980. The van der Waals surface area contributed by atoms with Gasteiger partial charge in [0.15, 0.2) is 11.5 Å². The van der Waals surface area contributed by atoms with Crippen LogP contribution in [0.1, 0.15) is 66.4 Å². The molecule has 0 aliphatic carbocycles. The summed E-state index contributed by atoms with van der Waals surface area (Å²) in [7, 11) is 1.25. The second-order valence-corrected chi connectivity index (χ2v) is 9.52. The zero-order chi connectivity index (χ0) is 30.1. The topological polar surface area (TPSA) is 145 Å². The highest BCUT2D eigenvalue weighted by atomic mass is 16.8. The molecule has 1 aromatic carbocycles. The van der Waals surface area contributed by atoms with Crippen LogP contribution in [0.15, 0.2) is 18.2 Å². The lowest BCUT2D eigenvalue weighted by Crippen LogP contribution is -2.41. The van der Waals surface area contributed by atoms with Crippen molar-refractivity contribution in [2.75, 3.05) is 26.9 Å². The number of benzene rings is 1. The Balaban J connectivity index is 2.94. The molecule has 0 fully saturated rings. The van der Waals surface area contributed by atoms with Gasteiger partial charge in [0, 0.05) is 6.54 Å². The Bertz CT molecular complexity index is 950. The van der Waals surface area contributed by atoms with E-state index in [2.05, 4.69) is 5.32 Å². The van der Waals surface area contributed by atoms with E-state index in [9.17, 15) is 19.2 Å². The molecular weight excluding hydrogens is 526 g/mol. The molecule has 0 heterocycles. The number of hydrogen-bond donors (Lipinski definition) is 1. The first-order chi connectivity index (χ1) is 19.0. The Morgan fingerprint density at radius 3 is 1.93 bits per heavy atom. The molecule has 1 N–H and O–H groups in total. The fraction of sp³-hybridized carbons (Fsp3) is 0.643. The molecule has 2 unspecified atom stereocenters. The van der Waals surface area contributed by atoms with Crippen molar-refractivity contribution in [3.05, 3.63) is 23.8 Å². The van der Waals surface area contributed by atoms with Crippen LogP contribution in [0.3, 0.4) is 0 Å². The van der Waals surface area contributed by atoms with E-state index in [0.717, 1.165) is 6.42 Å². The first-order valence-corrected chi connectivity index (χ1v) is 13.5. The summed E-state index contributed by atoms with van der Waals surface area (Å²) < 4.78 is 35.8. The molecule has 1 aromatic rings. The Morgan fingerprint density at radius 1 is 0.800 bits per heavy atom. The Hall–Kier alpha value is -3.54. The second-order valence-electron chi connectivity index (χ2n) is 9.52. The summed E-state index contributed by atoms with van der Waals surface area (Å²) in [5.41, 5.74) is 0.547. The lowest BCUT2D eigenvalue weighted by molar-refractivity contribution is -0.143. The molecule has 0 saturated carbocycles. The molecule has 0 aliphatic heterocycles. The molecule has 0 radical (unpaired) electrons. The minimum absolute atomic E-state index is 0.0328. The standard InChI is InChI=1S/C28H43NO11/c1-8-19(5)37-27(32)39-23-11-10-21(17-24(23)40-28(33)38-20(6)9-2)16-22(25(30)34-7)29-13-15-36-26(31)35-14-12-18(3)4/h10-11,17-20,22,29H,8-9,12-16H2,1-7H3/t19?,20?,22-/m0/s1. The van der Waals surface area contributed by atoms with Crippen LogP contribution >= 0.6 is 0 Å². The number of rotatable bonds is 16. The van der Waals surface area contributed by atoms with Crippen LogP contribution in [-0.2, 0) is 34.9 Å². The molecule has 40 heavy (non-hydrogen) atoms. The van der Waals surface area contributed by atoms with Crippen molar-refractivity contribution < 1.29 is 52.3 Å². The van der Waals surface area contributed by atoms with Crippen molar-refractivity contribution in [3.63, 3.8) is 0 Å². The highest BCUT2D eigenvalue weighted by Gasteiger charge is 2.23. The number of nitrogens with one attached hydrogen (secondary N) is 1. The molecule has 0 saturated heterocycles. The second kappa shape index (κ2) is 18.7. The van der Waals surface area contributed by atoms with Gasteiger partial charge in [0.2, 0.25) is 0 Å². The molecule has 12 heteroatoms. The molecule has 0 aliphatic rings. The molecule has 0 spiro atoms. The zero-order valence-corrected chi connectivity index (χ0v) is 24.5. The summed E-state index contributed by atoms with van der Waals surface area (Å²) in [5, 5.41) is 2.97. The van der Waals surface area contributed by atoms with Crippen LogP contribution in [0, 0.1) is 5.92 Å². The van der Waals surface area contributed by atoms with Crippen LogP contribution in [0.25, 0.3) is 0 Å². The van der Waals surface area contributed by atoms with Gasteiger partial charge in [-0.05, 0) is 63.1 Å². The van der Waals surface area contributed by atoms with Gasteiger partial charge in [0.1, 0.15) is 24.9 Å². The van der Waals surface area contributed by atoms with E-state index < -0.39 is 36.6 Å². The summed E-state index contributed by atoms with van der Waals surface area (Å²) in [6.07, 6.45) is -1.49. The fourth-order valence-corrected chi connectivity index (χ4v) is 2.97. The van der Waals surface area contributed by atoms with Crippen molar-refractivity contribution in [1.29, 1.82) is 0 Å². The van der Waals surface area contributed by atoms with Crippen LogP contribution in [0.5, 0.6) is 11.5 Å². The summed E-state index contributed by atoms with van der Waals surface area (Å²) in [6, 6.07) is 3.64. The van der Waals surface area contributed by atoms with Crippen molar-refractivity contribution in [1.82, 2.24) is 5.32 Å². The highest BCUT2D eigenvalue weighted by molar-refractivity contribution is 5.76. The van der Waals surface area contributed by atoms with Crippen LogP contribution < -0.4 is 14.8 Å². The summed E-state index contributed by atoms with van der Waals surface area (Å²) >= 11 is 0. The van der Waals surface area contributed by atoms with Gasteiger partial charge >= 0.3 is 24.4 Å². The molecule has 226 valence electrons. The van der Waals surface area contributed by atoms with Crippen LogP contribution in [0.4, 0.5) is 14.4 Å². The van der Waals surface area contributed by atoms with Crippen molar-refractivity contribution in [2.45, 2.75) is 85.5 Å². The van der Waals surface area contributed by atoms with Crippen LogP contribution in [-0.4, -0.2) is 69.6 Å². The first kappa shape index (κ1) is 34.5. The summed E-state index contributed by atoms with van der Waals surface area (Å²) in [6.45, 7) is 11.5. The SMILES string of the molecule is CCC(C)OC(=O)Oc1ccc(C[C@H](NCCOC(=O)OCCC(C)C)C(=O)OC)cc1OC(=O)OC(C)CC. The Morgan fingerprint density at radius 2 is 1.38 bits per heavy atom. The average molecular weight is 570 g/mol. The molecule has 3 atom stereocenters. The molecule has 0 bridgehead atoms. The van der Waals surface area contributed by atoms with Gasteiger partial charge in [0.05, 0.1) is 13.7 Å². The number of esters is 1. The van der Waals surface area contributed by atoms with Gasteiger partial charge in [-0.2, -0.15) is 0 Å². The molecule has 0 amide bonds. The minimum Gasteiger partial charge on any atom is -0.468 e. The highest BCUT2D eigenvalue weighted by Crippen LogP contribution is 2.30. The first-order valence-electron chi connectivity index (χ1n) is 13.5. The Labute approximate surface area is 235 Å². The van der Waals surface area contributed by atoms with Gasteiger partial charge in [-0.15, -0.1) is 0 Å². The number of hydrogen-bond acceptors (Lipinski definition) is 12. The third kappa shape index (κ3) is 14.0. The van der Waals surface area contributed by atoms with E-state index in [1.807, 2.05) is 27.7 Å². The molecular formula is C28H43NO11. The maximum Gasteiger partial charge on any atom is 0.514 e. The number of ether oxygens (including phenoxy) is 7. The lowest BCUT2D eigenvalue weighted by Gasteiger charge is -2.18. The monoisotopic (exact) mass is 569 g/mol. The number of carbonyl (C=O) groups is 4. The molecule has 0 aromatic heterocycles. The Kier molecular flexibility index (Phi) is 16.1. The van der Waals surface area contributed by atoms with Gasteiger partial charge < -0.3 is 38.5 Å². The van der Waals surface area contributed by atoms with Crippen molar-refractivity contribution in [3.8, 4) is 11.5 Å². The van der Waals surface area contributed by atoms with E-state index >= 15 is 0 Å². The molecule has 12 nitrogen and oxygen atoms in total. The average Bonchev–Trinajstić information content (AvgIpc) is 2.90. The van der Waals surface area contributed by atoms with E-state index in [4.69, 9.17) is 33.2 Å².